The highest BCUT2D eigenvalue weighted by molar-refractivity contribution is 8.00. The number of hydrogen-bond donors (Lipinski definition) is 1. The minimum absolute atomic E-state index is 0.0448. The van der Waals surface area contributed by atoms with Gasteiger partial charge in [-0.05, 0) is 74.5 Å². The molecule has 1 unspecified atom stereocenters. The van der Waals surface area contributed by atoms with Gasteiger partial charge in [0.15, 0.2) is 5.78 Å². The van der Waals surface area contributed by atoms with Crippen molar-refractivity contribution in [3.63, 3.8) is 0 Å². The Morgan fingerprint density at radius 1 is 0.833 bits per heavy atom. The summed E-state index contributed by atoms with van der Waals surface area (Å²) in [5, 5.41) is 9.77. The van der Waals surface area contributed by atoms with Crippen LogP contribution >= 0.6 is 11.8 Å². The topological polar surface area (TPSA) is 188 Å². The lowest BCUT2D eigenvalue weighted by Gasteiger charge is -2.41. The van der Waals surface area contributed by atoms with Crippen molar-refractivity contribution in [2.24, 2.45) is 35.5 Å². The van der Waals surface area contributed by atoms with Crippen LogP contribution in [0.5, 0.6) is 0 Å². The number of amides is 5. The molecule has 0 spiro atoms. The number of imide groups is 1. The van der Waals surface area contributed by atoms with Crippen LogP contribution in [0.15, 0.2) is 24.3 Å². The van der Waals surface area contributed by atoms with E-state index in [1.54, 1.807) is 42.6 Å². The molecule has 15 nitrogen and oxygen atoms in total. The maximum Gasteiger partial charge on any atom is 0.307 e. The SMILES string of the molecule is CCCCSC1CC(=O)N(CCCCCC(=O)N(C)[C@H](C(=O)C[C@H](C(=O)N(C)[C@@H]([C@@H](C)CC)[C@@H](CC(=O)N2CCC[C@H]2[C@H](OC)[C@@H](C)C(=O)C[C@@H](Cc2ccc(C)cc2)C(=O)O)OC)C(C)C)C(C)C)C1=O. The Kier molecular flexibility index (Phi) is 26.1. The van der Waals surface area contributed by atoms with E-state index in [2.05, 4.69) is 6.92 Å². The van der Waals surface area contributed by atoms with Crippen molar-refractivity contribution in [1.82, 2.24) is 19.6 Å². The minimum Gasteiger partial charge on any atom is -0.481 e. The van der Waals surface area contributed by atoms with Crippen LogP contribution in [-0.2, 0) is 54.3 Å². The quantitative estimate of drug-likeness (QED) is 0.0528. The van der Waals surface area contributed by atoms with Gasteiger partial charge in [-0.25, -0.2) is 0 Å². The average molecular weight is 1030 g/mol. The van der Waals surface area contributed by atoms with Crippen LogP contribution < -0.4 is 0 Å². The molecule has 5 amide bonds. The average Bonchev–Trinajstić information content (AvgIpc) is 3.93. The molecular formula is C56H90N4O11S. The molecule has 1 N–H and O–H groups in total. The molecule has 1 aromatic carbocycles. The second-order valence-electron chi connectivity index (χ2n) is 21.3. The van der Waals surface area contributed by atoms with Gasteiger partial charge in [0.2, 0.25) is 29.5 Å². The maximum absolute atomic E-state index is 14.7. The normalized spacial score (nSPS) is 19.5. The van der Waals surface area contributed by atoms with Crippen LogP contribution in [0, 0.1) is 42.4 Å². The Hall–Kier alpha value is -4.15. The van der Waals surface area contributed by atoms with Gasteiger partial charge in [-0.1, -0.05) is 104 Å². The molecule has 2 fully saturated rings. The molecule has 0 saturated carbocycles. The van der Waals surface area contributed by atoms with E-state index in [0.29, 0.717) is 51.6 Å². The van der Waals surface area contributed by atoms with Crippen molar-refractivity contribution in [2.45, 2.75) is 188 Å². The number of rotatable bonds is 33. The van der Waals surface area contributed by atoms with Crippen LogP contribution in [0.25, 0.3) is 0 Å². The minimum atomic E-state index is -1.04. The number of unbranched alkanes of at least 4 members (excludes halogenated alkanes) is 3. The molecule has 2 aliphatic heterocycles. The number of benzene rings is 1. The number of methoxy groups -OCH3 is 2. The number of carbonyl (C=O) groups excluding carboxylic acids is 7. The van der Waals surface area contributed by atoms with E-state index in [0.717, 1.165) is 29.7 Å². The molecule has 0 aromatic heterocycles. The Morgan fingerprint density at radius 2 is 1.50 bits per heavy atom. The number of aliphatic carboxylic acids is 1. The first-order valence-electron chi connectivity index (χ1n) is 26.7. The highest BCUT2D eigenvalue weighted by Gasteiger charge is 2.44. The van der Waals surface area contributed by atoms with Crippen molar-refractivity contribution in [1.29, 1.82) is 0 Å². The molecule has 0 radical (unpaired) electrons. The summed E-state index contributed by atoms with van der Waals surface area (Å²) in [7, 11) is 6.40. The van der Waals surface area contributed by atoms with Gasteiger partial charge in [0.25, 0.3) is 0 Å². The molecule has 0 aliphatic carbocycles. The van der Waals surface area contributed by atoms with Gasteiger partial charge in [0, 0.05) is 78.9 Å². The van der Waals surface area contributed by atoms with E-state index in [4.69, 9.17) is 9.47 Å². The van der Waals surface area contributed by atoms with E-state index < -0.39 is 54.1 Å². The number of carboxylic acids is 1. The molecule has 72 heavy (non-hydrogen) atoms. The number of likely N-dealkylation sites (N-methyl/N-ethyl adjacent to an activating group) is 2. The third-order valence-corrected chi connectivity index (χ3v) is 16.7. The van der Waals surface area contributed by atoms with Gasteiger partial charge >= 0.3 is 5.97 Å². The van der Waals surface area contributed by atoms with Crippen LogP contribution in [0.2, 0.25) is 0 Å². The van der Waals surface area contributed by atoms with E-state index in [1.807, 2.05) is 72.7 Å². The highest BCUT2D eigenvalue weighted by atomic mass is 32.2. The maximum atomic E-state index is 14.7. The third kappa shape index (κ3) is 17.2. The smallest absolute Gasteiger partial charge is 0.307 e. The van der Waals surface area contributed by atoms with Crippen molar-refractivity contribution in [3.05, 3.63) is 35.4 Å². The number of nitrogens with zero attached hydrogens (tertiary/aromatic N) is 4. The lowest BCUT2D eigenvalue weighted by Crippen LogP contribution is -2.54. The largest absolute Gasteiger partial charge is 0.481 e. The number of hydrogen-bond acceptors (Lipinski definition) is 11. The summed E-state index contributed by atoms with van der Waals surface area (Å²) >= 11 is 1.55. The second-order valence-corrected chi connectivity index (χ2v) is 22.6. The molecule has 2 aliphatic rings. The molecule has 2 heterocycles. The Morgan fingerprint density at radius 3 is 2.07 bits per heavy atom. The van der Waals surface area contributed by atoms with Crippen LogP contribution in [0.1, 0.15) is 150 Å². The summed E-state index contributed by atoms with van der Waals surface area (Å²) in [5.41, 5.74) is 1.89. The van der Waals surface area contributed by atoms with Crippen LogP contribution in [0.3, 0.4) is 0 Å². The Balaban J connectivity index is 1.68. The first-order valence-corrected chi connectivity index (χ1v) is 27.8. The van der Waals surface area contributed by atoms with Crippen molar-refractivity contribution >= 4 is 58.8 Å². The third-order valence-electron chi connectivity index (χ3n) is 15.4. The van der Waals surface area contributed by atoms with Crippen LogP contribution in [0.4, 0.5) is 0 Å². The van der Waals surface area contributed by atoms with Crippen molar-refractivity contribution in [3.8, 4) is 0 Å². The molecule has 3 rings (SSSR count). The zero-order valence-electron chi connectivity index (χ0n) is 46.0. The zero-order chi connectivity index (χ0) is 54.0. The van der Waals surface area contributed by atoms with Gasteiger partial charge < -0.3 is 29.3 Å². The first-order chi connectivity index (χ1) is 34.0. The van der Waals surface area contributed by atoms with Gasteiger partial charge in [-0.15, -0.1) is 11.8 Å². The lowest BCUT2D eigenvalue weighted by atomic mass is 9.83. The van der Waals surface area contributed by atoms with Crippen molar-refractivity contribution in [2.75, 3.05) is 47.2 Å². The molecule has 0 bridgehead atoms. The number of thioether (sulfide) groups is 1. The first kappa shape index (κ1) is 62.1. The van der Waals surface area contributed by atoms with E-state index in [-0.39, 0.29) is 103 Å². The summed E-state index contributed by atoms with van der Waals surface area (Å²) < 4.78 is 12.1. The monoisotopic (exact) mass is 1030 g/mol. The molecule has 2 saturated heterocycles. The predicted octanol–water partition coefficient (Wildman–Crippen LogP) is 8.05. The van der Waals surface area contributed by atoms with Crippen molar-refractivity contribution < 1.29 is 52.9 Å². The van der Waals surface area contributed by atoms with E-state index in [9.17, 15) is 43.5 Å². The molecule has 1 aromatic rings. The number of aryl methyl sites for hydroxylation is 1. The fraction of sp³-hybridized carbons (Fsp3) is 0.750. The number of ketones is 2. The summed E-state index contributed by atoms with van der Waals surface area (Å²) in [5.74, 6) is -4.38. The standard InChI is InChI=1S/C56H90N4O11S/c1-14-16-29-72-47-34-50(65)60(55(47)67)27-19-17-18-22-48(63)57(10)51(36(5)6)45(62)32-42(35(3)4)54(66)58(11)52(38(8)15-2)46(70-12)33-49(64)59-28-20-21-43(59)53(71-13)39(9)44(61)31-41(56(68)69)30-40-25-23-37(7)24-26-40/h23-26,35-36,38-39,41-43,46-47,51-53H,14-22,27-34H2,1-13H3,(H,68,69)/t38-,39-,41+,42-,43-,46+,47?,51-,52-,53+/m0/s1. The van der Waals surface area contributed by atoms with Gasteiger partial charge in [0.1, 0.15) is 5.78 Å². The van der Waals surface area contributed by atoms with Crippen LogP contribution in [-0.4, -0.2) is 155 Å². The summed E-state index contributed by atoms with van der Waals surface area (Å²) in [6.45, 7) is 18.2. The zero-order valence-corrected chi connectivity index (χ0v) is 46.8. The molecule has 406 valence electrons. The highest BCUT2D eigenvalue weighted by Crippen LogP contribution is 2.33. The van der Waals surface area contributed by atoms with Gasteiger partial charge in [-0.3, -0.25) is 43.3 Å². The number of likely N-dealkylation sites (tertiary alicyclic amines) is 2. The molecular weight excluding hydrogens is 937 g/mol. The molecule has 10 atom stereocenters. The fourth-order valence-electron chi connectivity index (χ4n) is 10.7. The van der Waals surface area contributed by atoms with E-state index in [1.165, 1.54) is 24.0 Å². The van der Waals surface area contributed by atoms with Gasteiger partial charge in [-0.2, -0.15) is 0 Å². The summed E-state index contributed by atoms with van der Waals surface area (Å²) in [6.07, 6.45) is 4.79. The predicted molar refractivity (Wildman–Crippen MR) is 282 cm³/mol. The van der Waals surface area contributed by atoms with E-state index >= 15 is 0 Å². The second kappa shape index (κ2) is 30.3. The Bertz CT molecular complexity index is 1960. The lowest BCUT2D eigenvalue weighted by molar-refractivity contribution is -0.150. The molecule has 16 heteroatoms. The number of carboxylic acid groups (broad SMARTS) is 1. The number of ether oxygens (including phenoxy) is 2. The number of carbonyl (C=O) groups is 8. The van der Waals surface area contributed by atoms with Gasteiger partial charge in [0.05, 0.1) is 47.9 Å². The Labute approximate surface area is 435 Å². The summed E-state index contributed by atoms with van der Waals surface area (Å²) in [4.78, 5) is 115. The summed E-state index contributed by atoms with van der Waals surface area (Å²) in [6, 6.07) is 5.88. The number of Topliss-reactive ketones (excluding diaryl/α,β-unsaturated/α-hetero) is 2. The fourth-order valence-corrected chi connectivity index (χ4v) is 12.0.